The summed E-state index contributed by atoms with van der Waals surface area (Å²) >= 11 is 0. The highest BCUT2D eigenvalue weighted by molar-refractivity contribution is 5.93. The number of unbranched alkanes of at least 4 members (excludes halogenated alkanes) is 32. The molecule has 4 aromatic rings. The van der Waals surface area contributed by atoms with Gasteiger partial charge in [0.2, 0.25) is 5.91 Å². The molecular weight excluding hydrogens is 1890 g/mol. The Bertz CT molecular complexity index is 4420. The van der Waals surface area contributed by atoms with E-state index >= 15 is 0 Å². The molecule has 2 aliphatic rings. The first kappa shape index (κ1) is 131. The molecule has 150 heavy (non-hydrogen) atoms. The maximum absolute atomic E-state index is 15.0. The van der Waals surface area contributed by atoms with Gasteiger partial charge in [-0.25, -0.2) is 0 Å². The number of carboxylic acids is 3. The molecule has 0 spiro atoms. The standard InChI is InChI=1S/2C63H99NO11/c1-7-11-15-19-21-25-32-48(31-23-17-13-9-3)44-63(61(71)72,41-39-55(65)66)59(60(70)64-42-40-56(67)74-46-54-52-37-29-27-35-50(52)51-36-28-30-38-53(51)54)62(5,6)47-75-58(69)43-57(68)73-45-49(33-24-18-14-10-4)34-26-22-20-16-12-8-2;1-7-11-15-19-21-25-32-48(31-23-17-13-9-3)43-50(39-40-56(65)66)62(71)75-60(61(70)64-42-41-57(67)73-46-55-53-37-29-27-35-51(53)52-36-28-30-38-54(52)55)63(5,6)47-74-59(69)44-58(68)72-45-49(33-24-18-14-10-4)34-26-22-20-16-12-8-2/h27-30,35-38,48-49,54,59H,7-26,31-34,39-47H2,1-6H3,(H,64,70)(H,65,66)(H,71,72);27-30,35-38,48-50,55,60H,7-26,31-34,39-47H2,1-6H3,(H,64,70)(H,65,66). The van der Waals surface area contributed by atoms with Crippen molar-refractivity contribution < 1.29 is 106 Å². The molecule has 8 atom stereocenters. The molecule has 0 saturated carbocycles. The van der Waals surface area contributed by atoms with Gasteiger partial charge >= 0.3 is 59.7 Å². The Kier molecular flexibility index (Phi) is 67.2. The van der Waals surface area contributed by atoms with E-state index in [0.717, 1.165) is 282 Å². The van der Waals surface area contributed by atoms with Crippen LogP contribution in [-0.2, 0) is 90.7 Å². The zero-order valence-electron chi connectivity index (χ0n) is 94.7. The van der Waals surface area contributed by atoms with E-state index in [9.17, 15) is 72.9 Å². The minimum absolute atomic E-state index is 0.0440. The highest BCUT2D eigenvalue weighted by Crippen LogP contribution is 2.52. The third-order valence-electron chi connectivity index (χ3n) is 30.8. The number of rotatable bonds is 88. The fraction of sp³-hybridized carbons (Fsp3) is 0.714. The normalized spacial score (nSPS) is 14.0. The van der Waals surface area contributed by atoms with Crippen molar-refractivity contribution >= 4 is 71.5 Å². The number of carbonyl (C=O) groups is 12. The van der Waals surface area contributed by atoms with E-state index in [1.807, 2.05) is 72.8 Å². The van der Waals surface area contributed by atoms with Gasteiger partial charge in [-0.2, -0.15) is 0 Å². The predicted molar refractivity (Wildman–Crippen MR) is 596 cm³/mol. The average molecular weight is 2090 g/mol. The van der Waals surface area contributed by atoms with Crippen LogP contribution < -0.4 is 10.6 Å². The molecule has 844 valence electrons. The number of benzene rings is 4. The number of hydrogen-bond donors (Lipinski definition) is 5. The number of carbonyl (C=O) groups excluding carboxylic acids is 9. The summed E-state index contributed by atoms with van der Waals surface area (Å²) in [5.41, 5.74) is 4.08. The maximum atomic E-state index is 15.0. The molecule has 2 amide bonds. The Balaban J connectivity index is 0.000000527. The maximum Gasteiger partial charge on any atom is 0.317 e. The van der Waals surface area contributed by atoms with Gasteiger partial charge in [-0.15, -0.1) is 0 Å². The summed E-state index contributed by atoms with van der Waals surface area (Å²) in [5.74, 6) is -11.8. The largest absolute Gasteiger partial charge is 0.481 e. The van der Waals surface area contributed by atoms with Gasteiger partial charge in [0.15, 0.2) is 6.10 Å². The molecule has 0 bridgehead atoms. The Morgan fingerprint density at radius 3 is 0.940 bits per heavy atom. The van der Waals surface area contributed by atoms with Crippen molar-refractivity contribution in [2.45, 2.75) is 473 Å². The fourth-order valence-corrected chi connectivity index (χ4v) is 22.0. The lowest BCUT2D eigenvalue weighted by Crippen LogP contribution is -2.55. The number of aliphatic carboxylic acids is 3. The van der Waals surface area contributed by atoms with Crippen LogP contribution in [-0.4, -0.2) is 146 Å². The Labute approximate surface area is 902 Å². The topological polar surface area (TPSA) is 354 Å². The van der Waals surface area contributed by atoms with Crippen LogP contribution in [0.3, 0.4) is 0 Å². The van der Waals surface area contributed by atoms with Gasteiger partial charge in [0.05, 0.1) is 49.9 Å². The van der Waals surface area contributed by atoms with E-state index in [2.05, 4.69) is 90.3 Å². The molecular formula is C126H198N2O22. The fourth-order valence-electron chi connectivity index (χ4n) is 22.0. The molecule has 0 aromatic heterocycles. The van der Waals surface area contributed by atoms with E-state index in [-0.39, 0.29) is 120 Å². The van der Waals surface area contributed by atoms with Crippen LogP contribution in [0.4, 0.5) is 0 Å². The van der Waals surface area contributed by atoms with Crippen molar-refractivity contribution in [2.75, 3.05) is 52.7 Å². The van der Waals surface area contributed by atoms with Crippen LogP contribution in [0.5, 0.6) is 0 Å². The van der Waals surface area contributed by atoms with E-state index in [0.29, 0.717) is 6.42 Å². The summed E-state index contributed by atoms with van der Waals surface area (Å²) in [5, 5.41) is 37.1. The second kappa shape index (κ2) is 77.0. The van der Waals surface area contributed by atoms with E-state index in [1.165, 1.54) is 70.6 Å². The van der Waals surface area contributed by atoms with Crippen molar-refractivity contribution in [2.24, 2.45) is 51.8 Å². The number of carboxylic acid groups (broad SMARTS) is 3. The minimum atomic E-state index is -1.90. The lowest BCUT2D eigenvalue weighted by Gasteiger charge is -2.46. The van der Waals surface area contributed by atoms with Gasteiger partial charge in [-0.3, -0.25) is 57.5 Å². The summed E-state index contributed by atoms with van der Waals surface area (Å²) in [6.07, 6.45) is 47.9. The molecule has 4 aromatic carbocycles. The second-order valence-electron chi connectivity index (χ2n) is 44.7. The summed E-state index contributed by atoms with van der Waals surface area (Å²) in [4.78, 5) is 162. The van der Waals surface area contributed by atoms with Crippen LogP contribution in [0.15, 0.2) is 97.1 Å². The first-order valence-electron chi connectivity index (χ1n) is 59.1. The number of nitrogens with one attached hydrogen (secondary N) is 2. The van der Waals surface area contributed by atoms with Crippen LogP contribution >= 0.6 is 0 Å². The predicted octanol–water partition coefficient (Wildman–Crippen LogP) is 29.8. The zero-order chi connectivity index (χ0) is 110. The monoisotopic (exact) mass is 2090 g/mol. The number of amides is 2. The van der Waals surface area contributed by atoms with Gasteiger partial charge in [-0.05, 0) is 120 Å². The highest BCUT2D eigenvalue weighted by atomic mass is 16.6. The molecule has 0 heterocycles. The summed E-state index contributed by atoms with van der Waals surface area (Å²) < 4.78 is 40.6. The first-order valence-corrected chi connectivity index (χ1v) is 59.1. The molecule has 24 heteroatoms. The number of esters is 7. The number of fused-ring (bicyclic) bond motifs is 6. The van der Waals surface area contributed by atoms with Crippen LogP contribution in [0.1, 0.15) is 490 Å². The smallest absolute Gasteiger partial charge is 0.317 e. The highest BCUT2D eigenvalue weighted by Gasteiger charge is 2.57. The van der Waals surface area contributed by atoms with Crippen molar-refractivity contribution in [3.05, 3.63) is 119 Å². The minimum Gasteiger partial charge on any atom is -0.481 e. The van der Waals surface area contributed by atoms with Crippen LogP contribution in [0, 0.1) is 51.8 Å². The van der Waals surface area contributed by atoms with Crippen molar-refractivity contribution in [3.8, 4) is 22.3 Å². The van der Waals surface area contributed by atoms with Crippen molar-refractivity contribution in [3.63, 3.8) is 0 Å². The third-order valence-corrected chi connectivity index (χ3v) is 30.8. The first-order chi connectivity index (χ1) is 72.4. The molecule has 0 saturated heterocycles. The SMILES string of the molecule is CCCCCCCCC(CCCCCC)COC(=O)CC(=O)OCC(C)(C)C(C(=O)NCCC(=O)OCC1c2ccccc2-c2ccccc21)C(CCC(=O)O)(CC(CCCCCC)CCCCCCCC)C(=O)O.CCCCCCCCC(CCCCCC)COC(=O)CC(=O)OCC(C)(C)C(OC(=O)C(CCC(=O)O)CC(CCCCCC)CCCCCCCC)C(=O)NCCC(=O)OCC1c2ccccc2-c2ccccc21. The number of ether oxygens (including phenoxy) is 7. The Hall–Kier alpha value is -9.48. The van der Waals surface area contributed by atoms with Crippen LogP contribution in [0.2, 0.25) is 0 Å². The van der Waals surface area contributed by atoms with Crippen molar-refractivity contribution in [1.29, 1.82) is 0 Å². The van der Waals surface area contributed by atoms with Gasteiger partial charge in [0.1, 0.15) is 32.7 Å². The second-order valence-corrected chi connectivity index (χ2v) is 44.7. The molecule has 2 aliphatic carbocycles. The number of hydrogen-bond acceptors (Lipinski definition) is 19. The zero-order valence-corrected chi connectivity index (χ0v) is 94.7. The Morgan fingerprint density at radius 1 is 0.313 bits per heavy atom. The molecule has 5 N–H and O–H groups in total. The molecule has 8 unspecified atom stereocenters. The summed E-state index contributed by atoms with van der Waals surface area (Å²) in [6.45, 7) is 23.6. The van der Waals surface area contributed by atoms with Crippen molar-refractivity contribution in [1.82, 2.24) is 10.6 Å². The summed E-state index contributed by atoms with van der Waals surface area (Å²) in [6, 6.07) is 32.2. The van der Waals surface area contributed by atoms with Gasteiger partial charge < -0.3 is 59.1 Å². The quantitative estimate of drug-likeness (QED) is 0.0119. The van der Waals surface area contributed by atoms with E-state index in [4.69, 9.17) is 33.2 Å². The van der Waals surface area contributed by atoms with Crippen LogP contribution in [0.25, 0.3) is 22.3 Å². The third kappa shape index (κ3) is 51.1. The van der Waals surface area contributed by atoms with Gasteiger partial charge in [-0.1, -0.05) is 463 Å². The molecule has 0 fully saturated rings. The van der Waals surface area contributed by atoms with Gasteiger partial charge in [0.25, 0.3) is 5.91 Å². The van der Waals surface area contributed by atoms with E-state index in [1.54, 1.807) is 27.7 Å². The molecule has 6 rings (SSSR count). The lowest BCUT2D eigenvalue weighted by atomic mass is 9.57. The molecule has 0 aliphatic heterocycles. The lowest BCUT2D eigenvalue weighted by molar-refractivity contribution is -0.173. The molecule has 24 nitrogen and oxygen atoms in total. The summed E-state index contributed by atoms with van der Waals surface area (Å²) in [7, 11) is 0. The average Bonchev–Trinajstić information content (AvgIpc) is 1.07. The van der Waals surface area contributed by atoms with Gasteiger partial charge in [0, 0.05) is 48.6 Å². The Morgan fingerprint density at radius 2 is 0.607 bits per heavy atom. The molecule has 0 radical (unpaired) electrons. The van der Waals surface area contributed by atoms with E-state index < -0.39 is 132 Å².